The number of carbonyl (C=O) groups is 1. The van der Waals surface area contributed by atoms with Crippen molar-refractivity contribution in [2.75, 3.05) is 0 Å². The molecule has 0 saturated carbocycles. The van der Waals surface area contributed by atoms with Gasteiger partial charge in [0.05, 0.1) is 5.92 Å². The number of benzene rings is 1. The van der Waals surface area contributed by atoms with Gasteiger partial charge in [0.2, 0.25) is 0 Å². The van der Waals surface area contributed by atoms with Crippen LogP contribution in [0.25, 0.3) is 0 Å². The highest BCUT2D eigenvalue weighted by Gasteiger charge is 2.19. The fraction of sp³-hybridized carbons (Fsp3) is 0.214. The van der Waals surface area contributed by atoms with Gasteiger partial charge >= 0.3 is 0 Å². The van der Waals surface area contributed by atoms with Gasteiger partial charge in [0, 0.05) is 11.4 Å². The summed E-state index contributed by atoms with van der Waals surface area (Å²) in [6, 6.07) is 11.9. The summed E-state index contributed by atoms with van der Waals surface area (Å²) < 4.78 is 0. The van der Waals surface area contributed by atoms with E-state index in [1.54, 1.807) is 18.3 Å². The van der Waals surface area contributed by atoms with Crippen molar-refractivity contribution in [3.63, 3.8) is 0 Å². The second kappa shape index (κ2) is 5.25. The SMILES string of the molecule is CC(=O)C(c1ccc(CN)cc1)c1cccs1. The normalized spacial score (nSPS) is 12.4. The second-order valence-electron chi connectivity index (χ2n) is 4.00. The van der Waals surface area contributed by atoms with Gasteiger partial charge in [0.1, 0.15) is 5.78 Å². The largest absolute Gasteiger partial charge is 0.326 e. The summed E-state index contributed by atoms with van der Waals surface area (Å²) in [7, 11) is 0. The minimum Gasteiger partial charge on any atom is -0.326 e. The van der Waals surface area contributed by atoms with E-state index >= 15 is 0 Å². The minimum absolute atomic E-state index is 0.137. The highest BCUT2D eigenvalue weighted by Crippen LogP contribution is 2.29. The molecule has 0 fully saturated rings. The Bertz CT molecular complexity index is 487. The third kappa shape index (κ3) is 2.62. The molecule has 3 heteroatoms. The smallest absolute Gasteiger partial charge is 0.142 e. The number of rotatable bonds is 4. The summed E-state index contributed by atoms with van der Waals surface area (Å²) in [4.78, 5) is 12.9. The van der Waals surface area contributed by atoms with Gasteiger partial charge in [-0.1, -0.05) is 30.3 Å². The van der Waals surface area contributed by atoms with Crippen molar-refractivity contribution in [2.24, 2.45) is 5.73 Å². The first-order valence-electron chi connectivity index (χ1n) is 5.55. The maximum Gasteiger partial charge on any atom is 0.142 e. The Hall–Kier alpha value is -1.45. The highest BCUT2D eigenvalue weighted by atomic mass is 32.1. The zero-order valence-electron chi connectivity index (χ0n) is 9.72. The van der Waals surface area contributed by atoms with Crippen LogP contribution in [0.2, 0.25) is 0 Å². The van der Waals surface area contributed by atoms with E-state index < -0.39 is 0 Å². The van der Waals surface area contributed by atoms with E-state index in [1.807, 2.05) is 41.8 Å². The average molecular weight is 245 g/mol. The molecule has 0 spiro atoms. The van der Waals surface area contributed by atoms with E-state index in [4.69, 9.17) is 5.73 Å². The summed E-state index contributed by atoms with van der Waals surface area (Å²) in [5.74, 6) is 0.0368. The molecule has 2 N–H and O–H groups in total. The van der Waals surface area contributed by atoms with Gasteiger partial charge < -0.3 is 5.73 Å². The third-order valence-corrected chi connectivity index (χ3v) is 3.72. The predicted octanol–water partition coefficient (Wildman–Crippen LogP) is 2.93. The molecule has 1 unspecified atom stereocenters. The molecule has 1 aromatic heterocycles. The Balaban J connectivity index is 2.36. The molecular weight excluding hydrogens is 230 g/mol. The first-order valence-corrected chi connectivity index (χ1v) is 6.43. The van der Waals surface area contributed by atoms with Crippen molar-refractivity contribution >= 4 is 17.1 Å². The Kier molecular flexibility index (Phi) is 3.71. The Labute approximate surface area is 105 Å². The molecule has 1 atom stereocenters. The zero-order valence-corrected chi connectivity index (χ0v) is 10.5. The van der Waals surface area contributed by atoms with Crippen LogP contribution in [-0.2, 0) is 11.3 Å². The summed E-state index contributed by atoms with van der Waals surface area (Å²) in [5.41, 5.74) is 7.69. The van der Waals surface area contributed by atoms with Gasteiger partial charge in [0.25, 0.3) is 0 Å². The molecule has 0 aliphatic carbocycles. The summed E-state index contributed by atoms with van der Waals surface area (Å²) >= 11 is 1.62. The number of ketones is 1. The Morgan fingerprint density at radius 3 is 2.47 bits per heavy atom. The van der Waals surface area contributed by atoms with Crippen LogP contribution in [0.1, 0.15) is 28.8 Å². The topological polar surface area (TPSA) is 43.1 Å². The van der Waals surface area contributed by atoms with Crippen molar-refractivity contribution in [1.82, 2.24) is 0 Å². The van der Waals surface area contributed by atoms with E-state index in [1.165, 1.54) is 0 Å². The third-order valence-electron chi connectivity index (χ3n) is 2.78. The molecule has 0 radical (unpaired) electrons. The van der Waals surface area contributed by atoms with Crippen molar-refractivity contribution in [3.05, 3.63) is 57.8 Å². The summed E-state index contributed by atoms with van der Waals surface area (Å²) in [6.45, 7) is 2.17. The summed E-state index contributed by atoms with van der Waals surface area (Å²) in [5, 5.41) is 2.00. The molecule has 88 valence electrons. The first-order chi connectivity index (χ1) is 8.22. The lowest BCUT2D eigenvalue weighted by molar-refractivity contribution is -0.117. The fourth-order valence-electron chi connectivity index (χ4n) is 1.90. The van der Waals surface area contributed by atoms with E-state index in [-0.39, 0.29) is 11.7 Å². The monoisotopic (exact) mass is 245 g/mol. The van der Waals surface area contributed by atoms with Gasteiger partial charge in [-0.15, -0.1) is 11.3 Å². The Morgan fingerprint density at radius 1 is 1.29 bits per heavy atom. The molecule has 0 aliphatic rings. The van der Waals surface area contributed by atoms with Crippen molar-refractivity contribution in [3.8, 4) is 0 Å². The number of nitrogens with two attached hydrogens (primary N) is 1. The average Bonchev–Trinajstić information content (AvgIpc) is 2.83. The standard InChI is InChI=1S/C14H15NOS/c1-10(16)14(13-3-2-8-17-13)12-6-4-11(9-15)5-7-12/h2-8,14H,9,15H2,1H3. The lowest BCUT2D eigenvalue weighted by Crippen LogP contribution is -2.09. The van der Waals surface area contributed by atoms with E-state index in [9.17, 15) is 4.79 Å². The second-order valence-corrected chi connectivity index (χ2v) is 4.98. The first kappa shape index (κ1) is 12.0. The maximum absolute atomic E-state index is 11.8. The van der Waals surface area contributed by atoms with Crippen molar-refractivity contribution in [1.29, 1.82) is 0 Å². The van der Waals surface area contributed by atoms with Crippen molar-refractivity contribution < 1.29 is 4.79 Å². The van der Waals surface area contributed by atoms with Gasteiger partial charge in [-0.3, -0.25) is 4.79 Å². The van der Waals surface area contributed by atoms with Gasteiger partial charge in [-0.2, -0.15) is 0 Å². The lowest BCUT2D eigenvalue weighted by atomic mass is 9.93. The van der Waals surface area contributed by atoms with Crippen LogP contribution in [0.3, 0.4) is 0 Å². The van der Waals surface area contributed by atoms with Crippen molar-refractivity contribution in [2.45, 2.75) is 19.4 Å². The number of thiophene rings is 1. The zero-order chi connectivity index (χ0) is 12.3. The van der Waals surface area contributed by atoms with E-state index in [0.717, 1.165) is 16.0 Å². The molecule has 2 nitrogen and oxygen atoms in total. The van der Waals surface area contributed by atoms with Gasteiger partial charge in [-0.25, -0.2) is 0 Å². The number of hydrogen-bond acceptors (Lipinski definition) is 3. The van der Waals surface area contributed by atoms with Crippen LogP contribution in [0.15, 0.2) is 41.8 Å². The fourth-order valence-corrected chi connectivity index (χ4v) is 2.81. The molecule has 0 amide bonds. The Morgan fingerprint density at radius 2 is 2.00 bits per heavy atom. The van der Waals surface area contributed by atoms with Crippen LogP contribution in [0, 0.1) is 0 Å². The lowest BCUT2D eigenvalue weighted by Gasteiger charge is -2.12. The maximum atomic E-state index is 11.8. The number of hydrogen-bond donors (Lipinski definition) is 1. The van der Waals surface area contributed by atoms with Crippen LogP contribution >= 0.6 is 11.3 Å². The quantitative estimate of drug-likeness (QED) is 0.900. The van der Waals surface area contributed by atoms with Gasteiger partial charge in [0.15, 0.2) is 0 Å². The van der Waals surface area contributed by atoms with Crippen LogP contribution in [0.4, 0.5) is 0 Å². The molecule has 0 saturated heterocycles. The number of Topliss-reactive ketones (excluding diaryl/α,β-unsaturated/α-hetero) is 1. The summed E-state index contributed by atoms with van der Waals surface area (Å²) in [6.07, 6.45) is 0. The van der Waals surface area contributed by atoms with Crippen LogP contribution in [0.5, 0.6) is 0 Å². The van der Waals surface area contributed by atoms with Crippen LogP contribution < -0.4 is 5.73 Å². The molecule has 2 rings (SSSR count). The molecule has 1 heterocycles. The minimum atomic E-state index is -0.137. The van der Waals surface area contributed by atoms with Crippen LogP contribution in [-0.4, -0.2) is 5.78 Å². The van der Waals surface area contributed by atoms with Gasteiger partial charge in [-0.05, 0) is 29.5 Å². The molecule has 2 aromatic rings. The molecule has 0 bridgehead atoms. The highest BCUT2D eigenvalue weighted by molar-refractivity contribution is 7.10. The van der Waals surface area contributed by atoms with E-state index in [2.05, 4.69) is 0 Å². The molecule has 1 aromatic carbocycles. The molecule has 0 aliphatic heterocycles. The molecular formula is C14H15NOS. The number of carbonyl (C=O) groups excluding carboxylic acids is 1. The van der Waals surface area contributed by atoms with E-state index in [0.29, 0.717) is 6.54 Å². The predicted molar refractivity (Wildman–Crippen MR) is 71.2 cm³/mol. The molecule has 17 heavy (non-hydrogen) atoms.